The van der Waals surface area contributed by atoms with Crippen LogP contribution in [0.15, 0.2) is 42.7 Å². The lowest BCUT2D eigenvalue weighted by atomic mass is 9.78. The van der Waals surface area contributed by atoms with E-state index in [2.05, 4.69) is 40.3 Å². The lowest BCUT2D eigenvalue weighted by Gasteiger charge is -2.27. The van der Waals surface area contributed by atoms with Crippen molar-refractivity contribution in [3.05, 3.63) is 54.1 Å². The van der Waals surface area contributed by atoms with E-state index in [4.69, 9.17) is 5.73 Å². The van der Waals surface area contributed by atoms with Crippen molar-refractivity contribution in [2.24, 2.45) is 0 Å². The first-order valence-electron chi connectivity index (χ1n) is 6.45. The fraction of sp³-hybridized carbons (Fsp3) is 0.333. The maximum absolute atomic E-state index is 5.68. The molecule has 1 saturated carbocycles. The predicted molar refractivity (Wildman–Crippen MR) is 72.1 cm³/mol. The first-order valence-corrected chi connectivity index (χ1v) is 6.45. The van der Waals surface area contributed by atoms with Crippen molar-refractivity contribution in [3.63, 3.8) is 0 Å². The molecule has 0 spiro atoms. The second-order valence-electron chi connectivity index (χ2n) is 5.00. The first-order chi connectivity index (χ1) is 8.81. The van der Waals surface area contributed by atoms with Gasteiger partial charge in [-0.25, -0.2) is 9.97 Å². The number of anilines is 1. The molecular weight excluding hydrogens is 222 g/mol. The third-order valence-electron chi connectivity index (χ3n) is 3.88. The molecule has 0 radical (unpaired) electrons. The zero-order chi connectivity index (χ0) is 12.4. The molecule has 1 aliphatic rings. The predicted octanol–water partition coefficient (Wildman–Crippen LogP) is 2.92. The van der Waals surface area contributed by atoms with Crippen molar-refractivity contribution >= 4 is 5.69 Å². The highest BCUT2D eigenvalue weighted by Crippen LogP contribution is 2.44. The number of nitrogen functional groups attached to an aromatic ring is 1. The molecular formula is C15H17N3. The van der Waals surface area contributed by atoms with E-state index in [1.807, 2.05) is 0 Å². The molecule has 0 unspecified atom stereocenters. The number of nitrogens with two attached hydrogens (primary N) is 1. The number of aromatic nitrogens is 2. The fourth-order valence-corrected chi connectivity index (χ4v) is 2.96. The van der Waals surface area contributed by atoms with Crippen LogP contribution in [0, 0.1) is 0 Å². The summed E-state index contributed by atoms with van der Waals surface area (Å²) in [6, 6.07) is 10.6. The molecule has 1 aromatic heterocycles. The molecule has 1 heterocycles. The molecule has 0 atom stereocenters. The minimum absolute atomic E-state index is 0.00500. The molecule has 3 heteroatoms. The lowest BCUT2D eigenvalue weighted by molar-refractivity contribution is 0.499. The minimum Gasteiger partial charge on any atom is -0.396 e. The third-order valence-corrected chi connectivity index (χ3v) is 3.88. The van der Waals surface area contributed by atoms with Gasteiger partial charge in [0.2, 0.25) is 0 Å². The Morgan fingerprint density at radius 2 is 1.56 bits per heavy atom. The second-order valence-corrected chi connectivity index (χ2v) is 5.00. The molecule has 1 fully saturated rings. The smallest absolute Gasteiger partial charge is 0.138 e. The summed E-state index contributed by atoms with van der Waals surface area (Å²) in [5.74, 6) is 0.917. The monoisotopic (exact) mass is 239 g/mol. The highest BCUT2D eigenvalue weighted by Gasteiger charge is 2.39. The van der Waals surface area contributed by atoms with Gasteiger partial charge in [-0.3, -0.25) is 0 Å². The summed E-state index contributed by atoms with van der Waals surface area (Å²) < 4.78 is 0. The first kappa shape index (κ1) is 11.2. The van der Waals surface area contributed by atoms with E-state index in [0.29, 0.717) is 5.69 Å². The Bertz CT molecular complexity index is 513. The molecule has 3 nitrogen and oxygen atoms in total. The van der Waals surface area contributed by atoms with Crippen LogP contribution in [-0.4, -0.2) is 9.97 Å². The normalized spacial score (nSPS) is 17.8. The summed E-state index contributed by atoms with van der Waals surface area (Å²) in [6.07, 6.45) is 8.16. The molecule has 0 amide bonds. The van der Waals surface area contributed by atoms with E-state index >= 15 is 0 Å². The molecule has 1 aromatic carbocycles. The number of nitrogens with zero attached hydrogens (tertiary/aromatic N) is 2. The lowest BCUT2D eigenvalue weighted by Crippen LogP contribution is -2.26. The Morgan fingerprint density at radius 1 is 0.944 bits per heavy atom. The minimum atomic E-state index is -0.00500. The van der Waals surface area contributed by atoms with Crippen LogP contribution >= 0.6 is 0 Å². The van der Waals surface area contributed by atoms with Crippen molar-refractivity contribution in [2.45, 2.75) is 31.1 Å². The van der Waals surface area contributed by atoms with Crippen LogP contribution in [0.1, 0.15) is 37.1 Å². The fourth-order valence-electron chi connectivity index (χ4n) is 2.96. The number of benzene rings is 1. The second kappa shape index (κ2) is 4.41. The molecule has 3 rings (SSSR count). The number of rotatable bonds is 2. The van der Waals surface area contributed by atoms with Gasteiger partial charge in [0.1, 0.15) is 5.82 Å². The van der Waals surface area contributed by atoms with Crippen LogP contribution < -0.4 is 5.73 Å². The highest BCUT2D eigenvalue weighted by molar-refractivity contribution is 5.37. The summed E-state index contributed by atoms with van der Waals surface area (Å²) in [5.41, 5.74) is 7.63. The van der Waals surface area contributed by atoms with E-state index in [9.17, 15) is 0 Å². The zero-order valence-corrected chi connectivity index (χ0v) is 10.3. The average Bonchev–Trinajstić information content (AvgIpc) is 2.91. The summed E-state index contributed by atoms with van der Waals surface area (Å²) in [7, 11) is 0. The standard InChI is InChI=1S/C15H17N3/c16-13-10-17-14(18-11-13)15(8-4-5-9-15)12-6-2-1-3-7-12/h1-3,6-7,10-11H,4-5,8-9,16H2. The zero-order valence-electron chi connectivity index (χ0n) is 10.3. The van der Waals surface area contributed by atoms with Gasteiger partial charge in [0.05, 0.1) is 23.5 Å². The van der Waals surface area contributed by atoms with Gasteiger partial charge in [-0.15, -0.1) is 0 Å². The van der Waals surface area contributed by atoms with E-state index in [1.165, 1.54) is 18.4 Å². The van der Waals surface area contributed by atoms with E-state index in [0.717, 1.165) is 18.7 Å². The molecule has 0 bridgehead atoms. The summed E-state index contributed by atoms with van der Waals surface area (Å²) in [6.45, 7) is 0. The van der Waals surface area contributed by atoms with Crippen molar-refractivity contribution in [1.29, 1.82) is 0 Å². The van der Waals surface area contributed by atoms with Gasteiger partial charge >= 0.3 is 0 Å². The molecule has 0 saturated heterocycles. The number of hydrogen-bond donors (Lipinski definition) is 1. The van der Waals surface area contributed by atoms with Crippen molar-refractivity contribution < 1.29 is 0 Å². The van der Waals surface area contributed by atoms with Crippen molar-refractivity contribution in [3.8, 4) is 0 Å². The topological polar surface area (TPSA) is 51.8 Å². The molecule has 2 aromatic rings. The maximum Gasteiger partial charge on any atom is 0.138 e. The summed E-state index contributed by atoms with van der Waals surface area (Å²) in [4.78, 5) is 8.95. The average molecular weight is 239 g/mol. The van der Waals surface area contributed by atoms with E-state index in [1.54, 1.807) is 12.4 Å². The molecule has 18 heavy (non-hydrogen) atoms. The van der Waals surface area contributed by atoms with Gasteiger partial charge in [0.25, 0.3) is 0 Å². The highest BCUT2D eigenvalue weighted by atomic mass is 14.9. The van der Waals surface area contributed by atoms with Crippen molar-refractivity contribution in [2.75, 3.05) is 5.73 Å². The Labute approximate surface area is 107 Å². The molecule has 0 aliphatic heterocycles. The van der Waals surface area contributed by atoms with Gasteiger partial charge in [0, 0.05) is 0 Å². The van der Waals surface area contributed by atoms with Gasteiger partial charge < -0.3 is 5.73 Å². The Balaban J connectivity index is 2.10. The summed E-state index contributed by atoms with van der Waals surface area (Å²) in [5, 5.41) is 0. The molecule has 92 valence electrons. The van der Waals surface area contributed by atoms with E-state index in [-0.39, 0.29) is 5.41 Å². The van der Waals surface area contributed by atoms with Gasteiger partial charge in [-0.05, 0) is 18.4 Å². The SMILES string of the molecule is Nc1cnc(C2(c3ccccc3)CCCC2)nc1. The van der Waals surface area contributed by atoms with Crippen LogP contribution in [-0.2, 0) is 5.41 Å². The maximum atomic E-state index is 5.68. The van der Waals surface area contributed by atoms with Crippen LogP contribution in [0.2, 0.25) is 0 Å². The van der Waals surface area contributed by atoms with Crippen LogP contribution in [0.3, 0.4) is 0 Å². The van der Waals surface area contributed by atoms with Gasteiger partial charge in [-0.2, -0.15) is 0 Å². The third kappa shape index (κ3) is 1.76. The summed E-state index contributed by atoms with van der Waals surface area (Å²) >= 11 is 0. The quantitative estimate of drug-likeness (QED) is 0.876. The van der Waals surface area contributed by atoms with Gasteiger partial charge in [-0.1, -0.05) is 43.2 Å². The van der Waals surface area contributed by atoms with E-state index < -0.39 is 0 Å². The number of hydrogen-bond acceptors (Lipinski definition) is 3. The van der Waals surface area contributed by atoms with Crippen LogP contribution in [0.25, 0.3) is 0 Å². The molecule has 2 N–H and O–H groups in total. The Kier molecular flexibility index (Phi) is 2.74. The Hall–Kier alpha value is -1.90. The van der Waals surface area contributed by atoms with Gasteiger partial charge in [0.15, 0.2) is 0 Å². The van der Waals surface area contributed by atoms with Crippen LogP contribution in [0.5, 0.6) is 0 Å². The van der Waals surface area contributed by atoms with Crippen LogP contribution in [0.4, 0.5) is 5.69 Å². The largest absolute Gasteiger partial charge is 0.396 e. The van der Waals surface area contributed by atoms with Crippen molar-refractivity contribution in [1.82, 2.24) is 9.97 Å². The molecule has 1 aliphatic carbocycles. The Morgan fingerprint density at radius 3 is 2.17 bits per heavy atom.